The van der Waals surface area contributed by atoms with Crippen LogP contribution < -0.4 is 5.43 Å². The maximum absolute atomic E-state index is 10.6. The number of hydrazine groups is 1. The molecule has 0 heterocycles. The SMILES string of the molecule is CN(C)Nc1ccccc1C=O. The van der Waals surface area contributed by atoms with Crippen LogP contribution >= 0.6 is 0 Å². The predicted molar refractivity (Wildman–Crippen MR) is 49.1 cm³/mol. The lowest BCUT2D eigenvalue weighted by molar-refractivity contribution is 0.112. The van der Waals surface area contributed by atoms with Crippen LogP contribution in [0.4, 0.5) is 5.69 Å². The van der Waals surface area contributed by atoms with E-state index in [1.807, 2.05) is 32.3 Å². The van der Waals surface area contributed by atoms with E-state index >= 15 is 0 Å². The molecule has 1 aromatic rings. The number of aldehydes is 1. The van der Waals surface area contributed by atoms with Crippen LogP contribution in [0.15, 0.2) is 24.3 Å². The Labute approximate surface area is 72.0 Å². The number of nitrogens with one attached hydrogen (secondary N) is 1. The summed E-state index contributed by atoms with van der Waals surface area (Å²) in [6, 6.07) is 7.37. The van der Waals surface area contributed by atoms with Gasteiger partial charge in [0.1, 0.15) is 0 Å². The van der Waals surface area contributed by atoms with E-state index < -0.39 is 0 Å². The number of rotatable bonds is 3. The molecule has 0 radical (unpaired) electrons. The Morgan fingerprint density at radius 3 is 2.58 bits per heavy atom. The van der Waals surface area contributed by atoms with E-state index in [0.717, 1.165) is 12.0 Å². The largest absolute Gasteiger partial charge is 0.319 e. The summed E-state index contributed by atoms with van der Waals surface area (Å²) in [6.45, 7) is 0. The molecule has 0 spiro atoms. The first-order valence-electron chi connectivity index (χ1n) is 3.72. The van der Waals surface area contributed by atoms with Crippen molar-refractivity contribution in [2.45, 2.75) is 0 Å². The molecule has 0 saturated heterocycles. The zero-order chi connectivity index (χ0) is 8.97. The van der Waals surface area contributed by atoms with Gasteiger partial charge in [-0.2, -0.15) is 0 Å². The highest BCUT2D eigenvalue weighted by Gasteiger charge is 1.98. The number of anilines is 1. The zero-order valence-corrected chi connectivity index (χ0v) is 7.24. The average Bonchev–Trinajstić information content (AvgIpc) is 2.04. The van der Waals surface area contributed by atoms with Gasteiger partial charge in [-0.05, 0) is 12.1 Å². The summed E-state index contributed by atoms with van der Waals surface area (Å²) in [5.41, 5.74) is 4.53. The molecule has 1 N–H and O–H groups in total. The molecular formula is C9H12N2O. The molecule has 0 atom stereocenters. The van der Waals surface area contributed by atoms with E-state index in [1.54, 1.807) is 11.1 Å². The molecule has 0 unspecified atom stereocenters. The molecule has 1 aromatic carbocycles. The van der Waals surface area contributed by atoms with Gasteiger partial charge in [0.25, 0.3) is 0 Å². The minimum Gasteiger partial charge on any atom is -0.319 e. The Balaban J connectivity index is 2.89. The summed E-state index contributed by atoms with van der Waals surface area (Å²) >= 11 is 0. The van der Waals surface area contributed by atoms with Crippen LogP contribution in [0.1, 0.15) is 10.4 Å². The maximum Gasteiger partial charge on any atom is 0.152 e. The molecule has 0 bridgehead atoms. The average molecular weight is 164 g/mol. The summed E-state index contributed by atoms with van der Waals surface area (Å²) in [6.07, 6.45) is 0.839. The highest BCUT2D eigenvalue weighted by Crippen LogP contribution is 2.11. The molecular weight excluding hydrogens is 152 g/mol. The van der Waals surface area contributed by atoms with Gasteiger partial charge in [-0.15, -0.1) is 0 Å². The predicted octanol–water partition coefficient (Wildman–Crippen LogP) is 1.39. The normalized spacial score (nSPS) is 9.92. The van der Waals surface area contributed by atoms with Gasteiger partial charge in [0.05, 0.1) is 5.69 Å². The highest BCUT2D eigenvalue weighted by atomic mass is 16.1. The molecule has 0 aliphatic rings. The molecule has 3 heteroatoms. The van der Waals surface area contributed by atoms with Crippen molar-refractivity contribution in [1.82, 2.24) is 5.01 Å². The first-order chi connectivity index (χ1) is 5.74. The molecule has 3 nitrogen and oxygen atoms in total. The van der Waals surface area contributed by atoms with Crippen LogP contribution in [0.5, 0.6) is 0 Å². The molecule has 12 heavy (non-hydrogen) atoms. The van der Waals surface area contributed by atoms with E-state index in [4.69, 9.17) is 0 Å². The van der Waals surface area contributed by atoms with E-state index in [1.165, 1.54) is 0 Å². The van der Waals surface area contributed by atoms with Gasteiger partial charge in [-0.1, -0.05) is 12.1 Å². The molecule has 0 aromatic heterocycles. The Morgan fingerprint density at radius 1 is 1.33 bits per heavy atom. The van der Waals surface area contributed by atoms with Gasteiger partial charge >= 0.3 is 0 Å². The standard InChI is InChI=1S/C9H12N2O/c1-11(2)10-9-6-4-3-5-8(9)7-12/h3-7,10H,1-2H3. The van der Waals surface area contributed by atoms with Crippen LogP contribution in [-0.2, 0) is 0 Å². The Morgan fingerprint density at radius 2 is 2.00 bits per heavy atom. The van der Waals surface area contributed by atoms with Gasteiger partial charge < -0.3 is 5.43 Å². The van der Waals surface area contributed by atoms with Crippen LogP contribution in [0.2, 0.25) is 0 Å². The van der Waals surface area contributed by atoms with Gasteiger partial charge in [-0.25, -0.2) is 5.01 Å². The third-order valence-electron chi connectivity index (χ3n) is 1.43. The minimum atomic E-state index is 0.672. The number of benzene rings is 1. The van der Waals surface area contributed by atoms with Gasteiger partial charge in [-0.3, -0.25) is 4.79 Å². The Kier molecular flexibility index (Phi) is 2.82. The minimum absolute atomic E-state index is 0.672. The number of hydrogen-bond donors (Lipinski definition) is 1. The number of carbonyl (C=O) groups excluding carboxylic acids is 1. The second kappa shape index (κ2) is 3.88. The summed E-state index contributed by atoms with van der Waals surface area (Å²) in [5, 5.41) is 1.79. The van der Waals surface area contributed by atoms with Crippen LogP contribution in [0.3, 0.4) is 0 Å². The van der Waals surface area contributed by atoms with Gasteiger partial charge in [0.15, 0.2) is 6.29 Å². The molecule has 1 rings (SSSR count). The van der Waals surface area contributed by atoms with Crippen molar-refractivity contribution in [3.8, 4) is 0 Å². The monoisotopic (exact) mass is 164 g/mol. The number of para-hydroxylation sites is 1. The van der Waals surface area contributed by atoms with Crippen molar-refractivity contribution < 1.29 is 4.79 Å². The quantitative estimate of drug-likeness (QED) is 0.541. The summed E-state index contributed by atoms with van der Waals surface area (Å²) < 4.78 is 0. The summed E-state index contributed by atoms with van der Waals surface area (Å²) in [5.74, 6) is 0. The molecule has 0 saturated carbocycles. The van der Waals surface area contributed by atoms with Crippen LogP contribution in [0, 0.1) is 0 Å². The van der Waals surface area contributed by atoms with E-state index in [-0.39, 0.29) is 0 Å². The fourth-order valence-corrected chi connectivity index (χ4v) is 0.942. The van der Waals surface area contributed by atoms with Crippen molar-refractivity contribution in [3.05, 3.63) is 29.8 Å². The van der Waals surface area contributed by atoms with Crippen LogP contribution in [0.25, 0.3) is 0 Å². The lowest BCUT2D eigenvalue weighted by Crippen LogP contribution is -2.20. The smallest absolute Gasteiger partial charge is 0.152 e. The summed E-state index contributed by atoms with van der Waals surface area (Å²) in [7, 11) is 3.75. The Bertz CT molecular complexity index is 271. The first-order valence-corrected chi connectivity index (χ1v) is 3.72. The third kappa shape index (κ3) is 2.07. The summed E-state index contributed by atoms with van der Waals surface area (Å²) in [4.78, 5) is 10.6. The van der Waals surface area contributed by atoms with Crippen molar-refractivity contribution in [2.75, 3.05) is 19.5 Å². The second-order valence-electron chi connectivity index (χ2n) is 2.71. The van der Waals surface area contributed by atoms with E-state index in [2.05, 4.69) is 5.43 Å². The highest BCUT2D eigenvalue weighted by molar-refractivity contribution is 5.83. The van der Waals surface area contributed by atoms with Crippen LogP contribution in [-0.4, -0.2) is 25.4 Å². The lowest BCUT2D eigenvalue weighted by atomic mass is 10.2. The van der Waals surface area contributed by atoms with Crippen molar-refractivity contribution in [1.29, 1.82) is 0 Å². The van der Waals surface area contributed by atoms with Crippen molar-refractivity contribution in [2.24, 2.45) is 0 Å². The third-order valence-corrected chi connectivity index (χ3v) is 1.43. The molecule has 0 amide bonds. The van der Waals surface area contributed by atoms with Gasteiger partial charge in [0, 0.05) is 19.7 Å². The van der Waals surface area contributed by atoms with Crippen molar-refractivity contribution in [3.63, 3.8) is 0 Å². The number of carbonyl (C=O) groups is 1. The van der Waals surface area contributed by atoms with Crippen molar-refractivity contribution >= 4 is 12.0 Å². The molecule has 0 aliphatic carbocycles. The topological polar surface area (TPSA) is 32.3 Å². The first kappa shape index (κ1) is 8.74. The maximum atomic E-state index is 10.6. The fourth-order valence-electron chi connectivity index (χ4n) is 0.942. The van der Waals surface area contributed by atoms with E-state index in [0.29, 0.717) is 5.56 Å². The van der Waals surface area contributed by atoms with E-state index in [9.17, 15) is 4.79 Å². The molecule has 0 aliphatic heterocycles. The zero-order valence-electron chi connectivity index (χ0n) is 7.24. The second-order valence-corrected chi connectivity index (χ2v) is 2.71. The Hall–Kier alpha value is -1.35. The van der Waals surface area contributed by atoms with Gasteiger partial charge in [0.2, 0.25) is 0 Å². The lowest BCUT2D eigenvalue weighted by Gasteiger charge is -2.14. The number of hydrogen-bond acceptors (Lipinski definition) is 3. The fraction of sp³-hybridized carbons (Fsp3) is 0.222. The number of nitrogens with zero attached hydrogens (tertiary/aromatic N) is 1. The molecule has 64 valence electrons. The molecule has 0 fully saturated rings.